The highest BCUT2D eigenvalue weighted by Gasteiger charge is 2.22. The Morgan fingerprint density at radius 2 is 1.92 bits per heavy atom. The van der Waals surface area contributed by atoms with E-state index in [4.69, 9.17) is 5.26 Å². The molecule has 0 aromatic heterocycles. The van der Waals surface area contributed by atoms with Crippen LogP contribution in [0.3, 0.4) is 0 Å². The van der Waals surface area contributed by atoms with Gasteiger partial charge in [0.2, 0.25) is 5.91 Å². The summed E-state index contributed by atoms with van der Waals surface area (Å²) in [4.78, 5) is 23.2. The molecule has 0 aliphatic rings. The average molecular weight is 348 g/mol. The summed E-state index contributed by atoms with van der Waals surface area (Å²) >= 11 is 1.42. The average Bonchev–Trinajstić information content (AvgIpc) is 2.51. The molecule has 1 aromatic carbocycles. The third-order valence-electron chi connectivity index (χ3n) is 3.40. The quantitative estimate of drug-likeness (QED) is 0.753. The molecule has 2 N–H and O–H groups in total. The van der Waals surface area contributed by atoms with E-state index in [-0.39, 0.29) is 17.1 Å². The van der Waals surface area contributed by atoms with E-state index in [1.54, 1.807) is 12.1 Å². The van der Waals surface area contributed by atoms with Crippen LogP contribution in [0.1, 0.15) is 44.7 Å². The van der Waals surface area contributed by atoms with Gasteiger partial charge in [0.25, 0.3) is 0 Å². The van der Waals surface area contributed by atoms with Crippen molar-refractivity contribution in [3.8, 4) is 6.07 Å². The van der Waals surface area contributed by atoms with Gasteiger partial charge in [0.1, 0.15) is 6.04 Å². The van der Waals surface area contributed by atoms with Crippen LogP contribution in [-0.4, -0.2) is 28.8 Å². The molecular formula is C18H24N2O3S. The molecule has 0 saturated carbocycles. The van der Waals surface area contributed by atoms with Gasteiger partial charge in [0.15, 0.2) is 0 Å². The number of thioether (sulfide) groups is 1. The lowest BCUT2D eigenvalue weighted by atomic mass is 9.88. The van der Waals surface area contributed by atoms with E-state index in [0.717, 1.165) is 12.0 Å². The summed E-state index contributed by atoms with van der Waals surface area (Å²) in [5.41, 5.74) is 1.65. The molecule has 6 heteroatoms. The summed E-state index contributed by atoms with van der Waals surface area (Å²) in [6.07, 6.45) is 1.15. The van der Waals surface area contributed by atoms with E-state index in [2.05, 4.69) is 11.4 Å². The first-order valence-corrected chi connectivity index (χ1v) is 8.96. The highest BCUT2D eigenvalue weighted by atomic mass is 32.2. The zero-order valence-electron chi connectivity index (χ0n) is 14.3. The lowest BCUT2D eigenvalue weighted by molar-refractivity contribution is -0.141. The number of benzene rings is 1. The van der Waals surface area contributed by atoms with Crippen molar-refractivity contribution in [1.29, 1.82) is 5.26 Å². The second-order valence-corrected chi connectivity index (χ2v) is 7.84. The number of rotatable bonds is 8. The minimum atomic E-state index is -0.996. The number of carboxylic acid groups (broad SMARTS) is 1. The molecule has 5 nitrogen and oxygen atoms in total. The molecule has 1 unspecified atom stereocenters. The molecule has 1 atom stereocenters. The highest BCUT2D eigenvalue weighted by Crippen LogP contribution is 2.21. The predicted molar refractivity (Wildman–Crippen MR) is 95.6 cm³/mol. The molecule has 0 aliphatic heterocycles. The number of hydrogen-bond donors (Lipinski definition) is 2. The molecule has 1 rings (SSSR count). The third kappa shape index (κ3) is 8.02. The Morgan fingerprint density at radius 3 is 2.42 bits per heavy atom. The van der Waals surface area contributed by atoms with Crippen molar-refractivity contribution in [2.24, 2.45) is 5.41 Å². The van der Waals surface area contributed by atoms with Gasteiger partial charge >= 0.3 is 5.97 Å². The minimum Gasteiger partial charge on any atom is -0.480 e. The second-order valence-electron chi connectivity index (χ2n) is 6.86. The maximum Gasteiger partial charge on any atom is 0.326 e. The van der Waals surface area contributed by atoms with Gasteiger partial charge in [-0.25, -0.2) is 4.79 Å². The number of carboxylic acids is 1. The second kappa shape index (κ2) is 9.33. The fraction of sp³-hybridized carbons (Fsp3) is 0.500. The fourth-order valence-electron chi connectivity index (χ4n) is 2.01. The van der Waals surface area contributed by atoms with E-state index in [1.807, 2.05) is 32.9 Å². The first kappa shape index (κ1) is 20.0. The molecule has 0 fully saturated rings. The van der Waals surface area contributed by atoms with Gasteiger partial charge in [-0.2, -0.15) is 5.26 Å². The standard InChI is InChI=1S/C18H24N2O3S/c1-18(2,3)9-8-15(17(22)23)20-16(21)12-24-11-14-6-4-13(10-19)5-7-14/h4-7,15H,8-9,11-12H2,1-3H3,(H,20,21)(H,22,23). The maximum atomic E-state index is 11.9. The van der Waals surface area contributed by atoms with Gasteiger partial charge in [0.05, 0.1) is 17.4 Å². The highest BCUT2D eigenvalue weighted by molar-refractivity contribution is 7.99. The van der Waals surface area contributed by atoms with Crippen LogP contribution in [0.15, 0.2) is 24.3 Å². The summed E-state index contributed by atoms with van der Waals surface area (Å²) in [5, 5.41) is 20.6. The lowest BCUT2D eigenvalue weighted by Gasteiger charge is -2.21. The van der Waals surface area contributed by atoms with Gasteiger partial charge in [-0.3, -0.25) is 4.79 Å². The minimum absolute atomic E-state index is 0.0305. The molecule has 0 saturated heterocycles. The third-order valence-corrected chi connectivity index (χ3v) is 4.41. The number of hydrogen-bond acceptors (Lipinski definition) is 4. The van der Waals surface area contributed by atoms with Gasteiger partial charge in [-0.05, 0) is 36.0 Å². The maximum absolute atomic E-state index is 11.9. The lowest BCUT2D eigenvalue weighted by Crippen LogP contribution is -2.42. The van der Waals surface area contributed by atoms with Gasteiger partial charge in [-0.1, -0.05) is 32.9 Å². The van der Waals surface area contributed by atoms with Gasteiger partial charge in [-0.15, -0.1) is 11.8 Å². The number of nitrogens with zero attached hydrogens (tertiary/aromatic N) is 1. The zero-order valence-corrected chi connectivity index (χ0v) is 15.2. The Hall–Kier alpha value is -2.00. The molecule has 24 heavy (non-hydrogen) atoms. The summed E-state index contributed by atoms with van der Waals surface area (Å²) in [6.45, 7) is 6.13. The van der Waals surface area contributed by atoms with Crippen LogP contribution in [0, 0.1) is 16.7 Å². The molecular weight excluding hydrogens is 324 g/mol. The van der Waals surface area contributed by atoms with E-state index in [9.17, 15) is 14.7 Å². The van der Waals surface area contributed by atoms with E-state index < -0.39 is 12.0 Å². The molecule has 0 aliphatic carbocycles. The van der Waals surface area contributed by atoms with Crippen LogP contribution in [0.25, 0.3) is 0 Å². The molecule has 0 spiro atoms. The normalized spacial score (nSPS) is 12.2. The van der Waals surface area contributed by atoms with Crippen molar-refractivity contribution in [3.63, 3.8) is 0 Å². The van der Waals surface area contributed by atoms with Crippen molar-refractivity contribution in [2.45, 2.75) is 45.4 Å². The van der Waals surface area contributed by atoms with Crippen LogP contribution in [-0.2, 0) is 15.3 Å². The van der Waals surface area contributed by atoms with Crippen LogP contribution in [0.4, 0.5) is 0 Å². The first-order chi connectivity index (χ1) is 11.2. The van der Waals surface area contributed by atoms with E-state index in [1.165, 1.54) is 11.8 Å². The van der Waals surface area contributed by atoms with Crippen LogP contribution in [0.5, 0.6) is 0 Å². The first-order valence-electron chi connectivity index (χ1n) is 7.80. The summed E-state index contributed by atoms with van der Waals surface area (Å²) in [6, 6.07) is 8.40. The fourth-order valence-corrected chi connectivity index (χ4v) is 2.81. The monoisotopic (exact) mass is 348 g/mol. The molecule has 1 aromatic rings. The number of amides is 1. The predicted octanol–water partition coefficient (Wildman–Crippen LogP) is 3.19. The van der Waals surface area contributed by atoms with Crippen LogP contribution < -0.4 is 5.32 Å². The number of carbonyl (C=O) groups excluding carboxylic acids is 1. The zero-order chi connectivity index (χ0) is 18.2. The van der Waals surface area contributed by atoms with Crippen molar-refractivity contribution in [2.75, 3.05) is 5.75 Å². The number of aliphatic carboxylic acids is 1. The van der Waals surface area contributed by atoms with Crippen molar-refractivity contribution >= 4 is 23.6 Å². The molecule has 0 heterocycles. The number of nitriles is 1. The van der Waals surface area contributed by atoms with Gasteiger partial charge < -0.3 is 10.4 Å². The smallest absolute Gasteiger partial charge is 0.326 e. The summed E-state index contributed by atoms with van der Waals surface area (Å²) < 4.78 is 0. The Bertz CT molecular complexity index is 600. The van der Waals surface area contributed by atoms with Crippen LogP contribution in [0.2, 0.25) is 0 Å². The van der Waals surface area contributed by atoms with Crippen molar-refractivity contribution in [1.82, 2.24) is 5.32 Å². The molecule has 1 amide bonds. The topological polar surface area (TPSA) is 90.2 Å². The van der Waals surface area contributed by atoms with E-state index >= 15 is 0 Å². The van der Waals surface area contributed by atoms with Crippen LogP contribution >= 0.6 is 11.8 Å². The summed E-state index contributed by atoms with van der Waals surface area (Å²) in [5.74, 6) is -0.419. The van der Waals surface area contributed by atoms with Gasteiger partial charge in [0, 0.05) is 5.75 Å². The largest absolute Gasteiger partial charge is 0.480 e. The number of carbonyl (C=O) groups is 2. The molecule has 0 bridgehead atoms. The SMILES string of the molecule is CC(C)(C)CCC(NC(=O)CSCc1ccc(C#N)cc1)C(=O)O. The Balaban J connectivity index is 2.39. The van der Waals surface area contributed by atoms with Crippen molar-refractivity contribution < 1.29 is 14.7 Å². The Kier molecular flexibility index (Phi) is 7.80. The molecule has 130 valence electrons. The molecule has 0 radical (unpaired) electrons. The van der Waals surface area contributed by atoms with Crippen molar-refractivity contribution in [3.05, 3.63) is 35.4 Å². The Morgan fingerprint density at radius 1 is 1.29 bits per heavy atom. The Labute approximate surface area is 147 Å². The summed E-state index contributed by atoms with van der Waals surface area (Å²) in [7, 11) is 0. The number of nitrogens with one attached hydrogen (secondary N) is 1. The van der Waals surface area contributed by atoms with E-state index in [0.29, 0.717) is 17.7 Å².